The average molecular weight is 794 g/mol. The van der Waals surface area contributed by atoms with E-state index in [0.29, 0.717) is 72.4 Å². The highest BCUT2D eigenvalue weighted by Crippen LogP contribution is 2.39. The molecule has 0 unspecified atom stereocenters. The molecule has 52 heavy (non-hydrogen) atoms. The molecule has 13 heteroatoms. The van der Waals surface area contributed by atoms with E-state index in [1.807, 2.05) is 32.9 Å². The normalized spacial score (nSPS) is 14.1. The molecular weight excluding hydrogens is 752 g/mol. The zero-order chi connectivity index (χ0) is 37.5. The summed E-state index contributed by atoms with van der Waals surface area (Å²) in [4.78, 5) is 44.8. The molecule has 0 saturated carbocycles. The van der Waals surface area contributed by atoms with Crippen molar-refractivity contribution < 1.29 is 38.0 Å². The lowest BCUT2D eigenvalue weighted by atomic mass is 9.95. The van der Waals surface area contributed by atoms with E-state index in [1.54, 1.807) is 76.4 Å². The number of esters is 2. The number of nitrogens with zero attached hydrogens (tertiary/aromatic N) is 2. The molecule has 0 spiro atoms. The van der Waals surface area contributed by atoms with Crippen molar-refractivity contribution in [2.45, 2.75) is 60.3 Å². The largest absolute Gasteiger partial charge is 0.493 e. The first-order chi connectivity index (χ1) is 25.0. The molecular formula is C39H41BrN2O9S. The second-order valence-corrected chi connectivity index (χ2v) is 13.7. The van der Waals surface area contributed by atoms with Gasteiger partial charge in [-0.25, -0.2) is 14.6 Å². The molecule has 0 radical (unpaired) electrons. The number of halogens is 1. The van der Waals surface area contributed by atoms with Gasteiger partial charge in [-0.1, -0.05) is 29.5 Å². The van der Waals surface area contributed by atoms with Gasteiger partial charge in [0.2, 0.25) is 0 Å². The van der Waals surface area contributed by atoms with Crippen LogP contribution < -0.4 is 33.8 Å². The van der Waals surface area contributed by atoms with E-state index in [4.69, 9.17) is 28.4 Å². The third kappa shape index (κ3) is 8.42. The Labute approximate surface area is 314 Å². The Morgan fingerprint density at radius 3 is 2.29 bits per heavy atom. The molecule has 5 rings (SSSR count). The van der Waals surface area contributed by atoms with Crippen LogP contribution in [0.4, 0.5) is 0 Å². The number of fused-ring (bicyclic) bond motifs is 1. The van der Waals surface area contributed by atoms with Gasteiger partial charge in [-0.05, 0) is 117 Å². The Morgan fingerprint density at radius 2 is 1.63 bits per heavy atom. The Kier molecular flexibility index (Phi) is 12.6. The van der Waals surface area contributed by atoms with Crippen LogP contribution >= 0.6 is 27.3 Å². The topological polar surface area (TPSA) is 124 Å². The van der Waals surface area contributed by atoms with Crippen LogP contribution in [-0.2, 0) is 20.9 Å². The third-order valence-corrected chi connectivity index (χ3v) is 9.43. The minimum Gasteiger partial charge on any atom is -0.493 e. The van der Waals surface area contributed by atoms with Crippen molar-refractivity contribution >= 4 is 45.3 Å². The fraction of sp³-hybridized carbons (Fsp3) is 0.333. The molecule has 11 nitrogen and oxygen atoms in total. The van der Waals surface area contributed by atoms with Gasteiger partial charge in [0.1, 0.15) is 6.61 Å². The van der Waals surface area contributed by atoms with Gasteiger partial charge in [0.25, 0.3) is 5.56 Å². The summed E-state index contributed by atoms with van der Waals surface area (Å²) in [5, 5.41) is 0. The highest BCUT2D eigenvalue weighted by Gasteiger charge is 2.34. The fourth-order valence-electron chi connectivity index (χ4n) is 5.65. The molecule has 274 valence electrons. The predicted octanol–water partition coefficient (Wildman–Crippen LogP) is 6.51. The Hall–Kier alpha value is -4.88. The molecule has 4 aromatic rings. The molecule has 0 bridgehead atoms. The van der Waals surface area contributed by atoms with E-state index in [-0.39, 0.29) is 36.4 Å². The van der Waals surface area contributed by atoms with Crippen molar-refractivity contribution in [2.75, 3.05) is 26.9 Å². The maximum Gasteiger partial charge on any atom is 0.338 e. The van der Waals surface area contributed by atoms with Crippen molar-refractivity contribution in [2.24, 2.45) is 4.99 Å². The van der Waals surface area contributed by atoms with Gasteiger partial charge in [-0.3, -0.25) is 9.36 Å². The molecule has 3 aromatic carbocycles. The number of carbonyl (C=O) groups excluding carboxylic acids is 2. The standard InChI is InChI=1S/C39H41BrN2O9S/c1-8-47-31-18-25(17-28(40)35(31)50-21-24-11-13-26(14-12-24)37(44)48-9-2)19-32-36(43)42-34(27-15-16-29(51-22(4)5)30(20-27)46-7)33(38(45)49-10-3)23(6)41-39(42)52-32/h11-20,22,34H,8-10,21H2,1-7H3/b32-19+/t34-/m1/s1. The maximum atomic E-state index is 14.3. The van der Waals surface area contributed by atoms with E-state index >= 15 is 0 Å². The maximum absolute atomic E-state index is 14.3. The second kappa shape index (κ2) is 17.1. The van der Waals surface area contributed by atoms with Crippen LogP contribution in [-0.4, -0.2) is 49.5 Å². The Balaban J connectivity index is 1.54. The van der Waals surface area contributed by atoms with E-state index in [9.17, 15) is 14.4 Å². The summed E-state index contributed by atoms with van der Waals surface area (Å²) in [6.45, 7) is 12.0. The van der Waals surface area contributed by atoms with E-state index in [2.05, 4.69) is 20.9 Å². The number of carbonyl (C=O) groups is 2. The first-order valence-electron chi connectivity index (χ1n) is 16.9. The van der Waals surface area contributed by atoms with Crippen molar-refractivity contribution in [1.29, 1.82) is 0 Å². The Morgan fingerprint density at radius 1 is 0.923 bits per heavy atom. The predicted molar refractivity (Wildman–Crippen MR) is 201 cm³/mol. The number of hydrogen-bond donors (Lipinski definition) is 0. The lowest BCUT2D eigenvalue weighted by Gasteiger charge is -2.25. The monoisotopic (exact) mass is 792 g/mol. The van der Waals surface area contributed by atoms with Crippen molar-refractivity contribution in [3.63, 3.8) is 0 Å². The highest BCUT2D eigenvalue weighted by atomic mass is 79.9. The number of rotatable bonds is 14. The molecule has 2 heterocycles. The summed E-state index contributed by atoms with van der Waals surface area (Å²) < 4.78 is 36.8. The quantitative estimate of drug-likeness (QED) is 0.132. The minimum atomic E-state index is -0.827. The number of thiazole rings is 1. The van der Waals surface area contributed by atoms with Gasteiger partial charge < -0.3 is 28.4 Å². The summed E-state index contributed by atoms with van der Waals surface area (Å²) in [6.07, 6.45) is 1.67. The van der Waals surface area contributed by atoms with Crippen molar-refractivity contribution in [3.8, 4) is 23.0 Å². The molecule has 1 aromatic heterocycles. The first-order valence-corrected chi connectivity index (χ1v) is 18.5. The third-order valence-electron chi connectivity index (χ3n) is 7.86. The number of aromatic nitrogens is 1. The van der Waals surface area contributed by atoms with E-state index in [1.165, 1.54) is 15.9 Å². The molecule has 1 atom stereocenters. The summed E-state index contributed by atoms with van der Waals surface area (Å²) in [7, 11) is 1.54. The summed E-state index contributed by atoms with van der Waals surface area (Å²) in [5.74, 6) is 1.05. The minimum absolute atomic E-state index is 0.0879. The number of ether oxygens (including phenoxy) is 6. The van der Waals surface area contributed by atoms with Gasteiger partial charge in [0.05, 0.1) is 64.9 Å². The SMILES string of the molecule is CCOC(=O)C1=C(C)N=c2s/c(=C/c3cc(Br)c(OCc4ccc(C(=O)OCC)cc4)c(OCC)c3)c(=O)n2[C@@H]1c1ccc(OC(C)C)c(OC)c1. The number of hydrogen-bond acceptors (Lipinski definition) is 11. The molecule has 0 fully saturated rings. The fourth-order valence-corrected chi connectivity index (χ4v) is 7.27. The molecule has 0 aliphatic carbocycles. The van der Waals surface area contributed by atoms with Gasteiger partial charge in [0, 0.05) is 0 Å². The second-order valence-electron chi connectivity index (χ2n) is 11.8. The number of allylic oxidation sites excluding steroid dienone is 1. The zero-order valence-electron chi connectivity index (χ0n) is 30.1. The molecule has 0 amide bonds. The Bertz CT molecular complexity index is 2170. The van der Waals surface area contributed by atoms with Crippen molar-refractivity contribution in [3.05, 3.63) is 112 Å². The van der Waals surface area contributed by atoms with Crippen LogP contribution in [0.25, 0.3) is 6.08 Å². The average Bonchev–Trinajstić information content (AvgIpc) is 3.41. The van der Waals surface area contributed by atoms with Gasteiger partial charge in [-0.2, -0.15) is 0 Å². The lowest BCUT2D eigenvalue weighted by Crippen LogP contribution is -2.40. The van der Waals surface area contributed by atoms with Crippen LogP contribution in [0.3, 0.4) is 0 Å². The van der Waals surface area contributed by atoms with E-state index in [0.717, 1.165) is 5.56 Å². The smallest absolute Gasteiger partial charge is 0.338 e. The first kappa shape index (κ1) is 38.4. The van der Waals surface area contributed by atoms with Crippen LogP contribution in [0.2, 0.25) is 0 Å². The van der Waals surface area contributed by atoms with Gasteiger partial charge in [0.15, 0.2) is 27.8 Å². The molecule has 1 aliphatic rings. The summed E-state index contributed by atoms with van der Waals surface area (Å²) in [5.41, 5.74) is 3.01. The van der Waals surface area contributed by atoms with E-state index < -0.39 is 12.0 Å². The molecule has 0 N–H and O–H groups in total. The van der Waals surface area contributed by atoms with Crippen LogP contribution in [0, 0.1) is 0 Å². The molecule has 0 saturated heterocycles. The van der Waals surface area contributed by atoms with Crippen LogP contribution in [0.1, 0.15) is 74.6 Å². The van der Waals surface area contributed by atoms with Crippen LogP contribution in [0.5, 0.6) is 23.0 Å². The highest BCUT2D eigenvalue weighted by molar-refractivity contribution is 9.10. The summed E-state index contributed by atoms with van der Waals surface area (Å²) >= 11 is 4.85. The van der Waals surface area contributed by atoms with Crippen LogP contribution in [0.15, 0.2) is 80.1 Å². The summed E-state index contributed by atoms with van der Waals surface area (Å²) in [6, 6.07) is 15.2. The van der Waals surface area contributed by atoms with Gasteiger partial charge >= 0.3 is 11.9 Å². The van der Waals surface area contributed by atoms with Crippen molar-refractivity contribution in [1.82, 2.24) is 4.57 Å². The lowest BCUT2D eigenvalue weighted by molar-refractivity contribution is -0.139. The molecule has 1 aliphatic heterocycles. The van der Waals surface area contributed by atoms with Gasteiger partial charge in [-0.15, -0.1) is 0 Å². The number of methoxy groups -OCH3 is 1. The number of benzene rings is 3. The zero-order valence-corrected chi connectivity index (χ0v) is 32.5.